The van der Waals surface area contributed by atoms with E-state index in [1.165, 1.54) is 0 Å². The second kappa shape index (κ2) is 2.23. The van der Waals surface area contributed by atoms with Crippen molar-refractivity contribution in [2.45, 2.75) is 0 Å². The minimum atomic E-state index is 0.741. The monoisotopic (exact) mass is 211 g/mol. The molecule has 2 heterocycles. The van der Waals surface area contributed by atoms with Crippen LogP contribution < -0.4 is 5.73 Å². The molecule has 0 saturated heterocycles. The van der Waals surface area contributed by atoms with Gasteiger partial charge in [0.2, 0.25) is 0 Å². The van der Waals surface area contributed by atoms with E-state index in [0.29, 0.717) is 0 Å². The highest BCUT2D eigenvalue weighted by Gasteiger charge is 2.00. The van der Waals surface area contributed by atoms with Crippen LogP contribution in [-0.2, 0) is 0 Å². The highest BCUT2D eigenvalue weighted by Crippen LogP contribution is 2.18. The van der Waals surface area contributed by atoms with Gasteiger partial charge in [0.05, 0.1) is 17.4 Å². The van der Waals surface area contributed by atoms with Crippen LogP contribution in [0, 0.1) is 0 Å². The highest BCUT2D eigenvalue weighted by molar-refractivity contribution is 9.10. The maximum Gasteiger partial charge on any atom is 0.108 e. The third-order valence-corrected chi connectivity index (χ3v) is 2.14. The van der Waals surface area contributed by atoms with Gasteiger partial charge in [-0.05, 0) is 34.1 Å². The van der Waals surface area contributed by atoms with E-state index in [-0.39, 0.29) is 0 Å². The van der Waals surface area contributed by atoms with Crippen LogP contribution in [0.15, 0.2) is 29.0 Å². The lowest BCUT2D eigenvalue weighted by molar-refractivity contribution is 0.921. The topological polar surface area (TPSA) is 43.3 Å². The van der Waals surface area contributed by atoms with Gasteiger partial charge in [0.25, 0.3) is 0 Å². The molecule has 0 aliphatic heterocycles. The maximum absolute atomic E-state index is 5.69. The zero-order valence-electron chi connectivity index (χ0n) is 5.66. The molecule has 0 amide bonds. The Labute approximate surface area is 71.9 Å². The number of aromatic nitrogens is 2. The van der Waals surface area contributed by atoms with Crippen molar-refractivity contribution in [2.24, 2.45) is 0 Å². The molecule has 2 aromatic rings. The quantitative estimate of drug-likeness (QED) is 0.721. The molecular weight excluding hydrogens is 206 g/mol. The van der Waals surface area contributed by atoms with Crippen LogP contribution in [0.4, 0.5) is 5.69 Å². The minimum absolute atomic E-state index is 0.741. The second-order valence-electron chi connectivity index (χ2n) is 2.24. The second-order valence-corrected chi connectivity index (χ2v) is 3.05. The Balaban J connectivity index is 2.94. The van der Waals surface area contributed by atoms with Crippen molar-refractivity contribution in [3.05, 3.63) is 29.0 Å². The summed E-state index contributed by atoms with van der Waals surface area (Å²) in [6.07, 6.45) is 1.67. The van der Waals surface area contributed by atoms with Crippen LogP contribution >= 0.6 is 15.9 Å². The van der Waals surface area contributed by atoms with E-state index >= 15 is 0 Å². The summed E-state index contributed by atoms with van der Waals surface area (Å²) in [5.74, 6) is 0. The van der Waals surface area contributed by atoms with Crippen LogP contribution in [0.5, 0.6) is 0 Å². The van der Waals surface area contributed by atoms with Crippen molar-refractivity contribution in [3.63, 3.8) is 0 Å². The fourth-order valence-corrected chi connectivity index (χ4v) is 1.42. The number of fused-ring (bicyclic) bond motifs is 1. The zero-order valence-corrected chi connectivity index (χ0v) is 7.25. The van der Waals surface area contributed by atoms with Crippen molar-refractivity contribution < 1.29 is 0 Å². The van der Waals surface area contributed by atoms with Gasteiger partial charge >= 0.3 is 0 Å². The van der Waals surface area contributed by atoms with E-state index in [4.69, 9.17) is 5.73 Å². The Hall–Kier alpha value is -1.03. The standard InChI is InChI=1S/C7H6BrN3/c8-7-2-1-6-5(9)3-4-10-11(6)7/h1-4H,9H2. The predicted octanol–water partition coefficient (Wildman–Crippen LogP) is 1.68. The molecule has 0 unspecified atom stereocenters. The van der Waals surface area contributed by atoms with Crippen LogP contribution in [0.3, 0.4) is 0 Å². The average Bonchev–Trinajstić information content (AvgIpc) is 2.35. The fraction of sp³-hybridized carbons (Fsp3) is 0. The normalized spacial score (nSPS) is 10.6. The molecule has 0 aliphatic carbocycles. The molecule has 3 nitrogen and oxygen atoms in total. The number of anilines is 1. The first-order chi connectivity index (χ1) is 5.29. The Kier molecular flexibility index (Phi) is 1.35. The zero-order chi connectivity index (χ0) is 7.84. The number of nitrogens with zero attached hydrogens (tertiary/aromatic N) is 2. The Morgan fingerprint density at radius 2 is 2.18 bits per heavy atom. The summed E-state index contributed by atoms with van der Waals surface area (Å²) in [5, 5.41) is 4.09. The van der Waals surface area contributed by atoms with Gasteiger partial charge in [-0.2, -0.15) is 5.10 Å². The first-order valence-corrected chi connectivity index (χ1v) is 3.96. The van der Waals surface area contributed by atoms with Gasteiger partial charge in [-0.15, -0.1) is 0 Å². The lowest BCUT2D eigenvalue weighted by atomic mass is 10.4. The average molecular weight is 212 g/mol. The van der Waals surface area contributed by atoms with Crippen molar-refractivity contribution >= 4 is 27.1 Å². The molecule has 0 aliphatic rings. The fourth-order valence-electron chi connectivity index (χ4n) is 1.01. The van der Waals surface area contributed by atoms with Gasteiger partial charge in [-0.25, -0.2) is 4.52 Å². The van der Waals surface area contributed by atoms with E-state index in [1.807, 2.05) is 12.1 Å². The number of rotatable bonds is 0. The summed E-state index contributed by atoms with van der Waals surface area (Å²) < 4.78 is 2.66. The number of hydrogen-bond donors (Lipinski definition) is 1. The molecule has 0 bridgehead atoms. The summed E-state index contributed by atoms with van der Waals surface area (Å²) >= 11 is 3.35. The molecule has 2 N–H and O–H groups in total. The summed E-state index contributed by atoms with van der Waals surface area (Å²) in [4.78, 5) is 0. The Bertz CT molecular complexity index is 393. The molecule has 0 spiro atoms. The summed E-state index contributed by atoms with van der Waals surface area (Å²) in [5.41, 5.74) is 7.36. The van der Waals surface area contributed by atoms with Crippen molar-refractivity contribution in [1.29, 1.82) is 0 Å². The van der Waals surface area contributed by atoms with Crippen molar-refractivity contribution in [3.8, 4) is 0 Å². The van der Waals surface area contributed by atoms with Gasteiger partial charge in [0.1, 0.15) is 4.60 Å². The summed E-state index contributed by atoms with van der Waals surface area (Å²) in [6, 6.07) is 5.62. The molecule has 2 rings (SSSR count). The van der Waals surface area contributed by atoms with Gasteiger partial charge in [0, 0.05) is 0 Å². The van der Waals surface area contributed by atoms with Crippen LogP contribution in [0.25, 0.3) is 5.52 Å². The van der Waals surface area contributed by atoms with E-state index in [1.54, 1.807) is 16.8 Å². The van der Waals surface area contributed by atoms with Crippen LogP contribution in [0.1, 0.15) is 0 Å². The molecule has 2 aromatic heterocycles. The molecule has 11 heavy (non-hydrogen) atoms. The first-order valence-electron chi connectivity index (χ1n) is 3.17. The first kappa shape index (κ1) is 6.67. The molecule has 4 heteroatoms. The van der Waals surface area contributed by atoms with E-state index in [9.17, 15) is 0 Å². The maximum atomic E-state index is 5.69. The lowest BCUT2D eigenvalue weighted by Gasteiger charge is -1.96. The largest absolute Gasteiger partial charge is 0.397 e. The number of hydrogen-bond acceptors (Lipinski definition) is 2. The van der Waals surface area contributed by atoms with E-state index in [0.717, 1.165) is 15.8 Å². The molecule has 0 radical (unpaired) electrons. The molecule has 56 valence electrons. The van der Waals surface area contributed by atoms with E-state index in [2.05, 4.69) is 21.0 Å². The number of nitrogen functional groups attached to an aromatic ring is 1. The lowest BCUT2D eigenvalue weighted by Crippen LogP contribution is -1.94. The summed E-state index contributed by atoms with van der Waals surface area (Å²) in [6.45, 7) is 0. The van der Waals surface area contributed by atoms with Crippen LogP contribution in [0.2, 0.25) is 0 Å². The summed E-state index contributed by atoms with van der Waals surface area (Å²) in [7, 11) is 0. The number of nitrogens with two attached hydrogens (primary N) is 1. The van der Waals surface area contributed by atoms with E-state index < -0.39 is 0 Å². The smallest absolute Gasteiger partial charge is 0.108 e. The molecule has 0 aromatic carbocycles. The SMILES string of the molecule is Nc1ccnn2c(Br)ccc12. The Morgan fingerprint density at radius 1 is 1.36 bits per heavy atom. The predicted molar refractivity (Wildman–Crippen MR) is 47.3 cm³/mol. The van der Waals surface area contributed by atoms with Crippen molar-refractivity contribution in [1.82, 2.24) is 9.61 Å². The van der Waals surface area contributed by atoms with Crippen molar-refractivity contribution in [2.75, 3.05) is 5.73 Å². The van der Waals surface area contributed by atoms with Gasteiger partial charge in [-0.1, -0.05) is 0 Å². The van der Waals surface area contributed by atoms with Crippen LogP contribution in [-0.4, -0.2) is 9.61 Å². The highest BCUT2D eigenvalue weighted by atomic mass is 79.9. The molecular formula is C7H6BrN3. The number of halogens is 1. The molecule has 0 fully saturated rings. The van der Waals surface area contributed by atoms with Gasteiger partial charge in [-0.3, -0.25) is 0 Å². The van der Waals surface area contributed by atoms with Gasteiger partial charge in [0.15, 0.2) is 0 Å². The Morgan fingerprint density at radius 3 is 2.91 bits per heavy atom. The minimum Gasteiger partial charge on any atom is -0.397 e. The molecule has 0 atom stereocenters. The third-order valence-electron chi connectivity index (χ3n) is 1.54. The van der Waals surface area contributed by atoms with Gasteiger partial charge < -0.3 is 5.73 Å². The third kappa shape index (κ3) is 0.903. The molecule has 0 saturated carbocycles.